The van der Waals surface area contributed by atoms with Crippen molar-refractivity contribution in [1.82, 2.24) is 15.1 Å². The molecular formula is C31H27ClN4O3. The van der Waals surface area contributed by atoms with Gasteiger partial charge in [-0.2, -0.15) is 10.4 Å². The maximum absolute atomic E-state index is 12.8. The third-order valence-corrected chi connectivity index (χ3v) is 6.79. The van der Waals surface area contributed by atoms with Crippen LogP contribution in [-0.2, 0) is 16.1 Å². The van der Waals surface area contributed by atoms with Crippen molar-refractivity contribution in [1.29, 1.82) is 5.26 Å². The molecule has 8 heteroatoms. The third-order valence-electron chi connectivity index (χ3n) is 6.42. The number of nitriles is 1. The Morgan fingerprint density at radius 3 is 2.62 bits per heavy atom. The van der Waals surface area contributed by atoms with Gasteiger partial charge in [-0.15, -0.1) is 0 Å². The van der Waals surface area contributed by atoms with E-state index in [0.717, 1.165) is 29.7 Å². The lowest BCUT2D eigenvalue weighted by Crippen LogP contribution is -2.32. The van der Waals surface area contributed by atoms with Crippen LogP contribution >= 0.6 is 11.6 Å². The number of aromatic nitrogens is 2. The van der Waals surface area contributed by atoms with Gasteiger partial charge in [0.1, 0.15) is 24.0 Å². The highest BCUT2D eigenvalue weighted by Gasteiger charge is 2.19. The van der Waals surface area contributed by atoms with Crippen molar-refractivity contribution in [2.75, 3.05) is 13.2 Å². The van der Waals surface area contributed by atoms with Crippen LogP contribution in [0.3, 0.4) is 0 Å². The Bertz CT molecular complexity index is 1500. The summed E-state index contributed by atoms with van der Waals surface area (Å²) < 4.78 is 13.2. The first-order valence-electron chi connectivity index (χ1n) is 12.7. The normalized spacial score (nSPS) is 15.1. The number of hydrogen-bond acceptors (Lipinski definition) is 5. The van der Waals surface area contributed by atoms with Gasteiger partial charge in [0, 0.05) is 41.1 Å². The monoisotopic (exact) mass is 538 g/mol. The number of benzene rings is 3. The van der Waals surface area contributed by atoms with Crippen LogP contribution in [0.1, 0.15) is 24.0 Å². The topological polar surface area (TPSA) is 89.2 Å². The van der Waals surface area contributed by atoms with Crippen LogP contribution in [-0.4, -0.2) is 34.9 Å². The maximum atomic E-state index is 12.8. The average Bonchev–Trinajstić information content (AvgIpc) is 3.65. The first-order chi connectivity index (χ1) is 19.1. The van der Waals surface area contributed by atoms with Crippen molar-refractivity contribution >= 4 is 23.6 Å². The summed E-state index contributed by atoms with van der Waals surface area (Å²) in [6.07, 6.45) is 5.26. The molecule has 3 aromatic carbocycles. The number of halogens is 1. The molecule has 2 heterocycles. The van der Waals surface area contributed by atoms with E-state index in [9.17, 15) is 10.1 Å². The molecule has 1 aromatic heterocycles. The van der Waals surface area contributed by atoms with Crippen molar-refractivity contribution in [3.8, 4) is 28.8 Å². The van der Waals surface area contributed by atoms with E-state index in [1.54, 1.807) is 10.8 Å². The molecule has 1 fully saturated rings. The molecule has 1 aliphatic rings. The molecule has 1 N–H and O–H groups in total. The summed E-state index contributed by atoms with van der Waals surface area (Å²) in [4.78, 5) is 12.8. The molecule has 0 aliphatic carbocycles. The molecule has 7 nitrogen and oxygen atoms in total. The maximum Gasteiger partial charge on any atom is 0.262 e. The fourth-order valence-corrected chi connectivity index (χ4v) is 4.52. The van der Waals surface area contributed by atoms with Crippen LogP contribution in [0.25, 0.3) is 23.0 Å². The average molecular weight is 539 g/mol. The number of hydrogen-bond donors (Lipinski definition) is 1. The number of amides is 1. The van der Waals surface area contributed by atoms with Gasteiger partial charge in [0.2, 0.25) is 0 Å². The number of carbonyl (C=O) groups excluding carboxylic acids is 1. The minimum atomic E-state index is -0.435. The van der Waals surface area contributed by atoms with E-state index in [4.69, 9.17) is 26.2 Å². The highest BCUT2D eigenvalue weighted by molar-refractivity contribution is 6.31. The van der Waals surface area contributed by atoms with Crippen LogP contribution in [0.15, 0.2) is 90.6 Å². The fourth-order valence-electron chi connectivity index (χ4n) is 4.33. The molecule has 5 rings (SSSR count). The molecule has 0 spiro atoms. The van der Waals surface area contributed by atoms with Gasteiger partial charge in [-0.3, -0.25) is 4.79 Å². The second-order valence-corrected chi connectivity index (χ2v) is 9.54. The molecule has 1 saturated heterocycles. The lowest BCUT2D eigenvalue weighted by Gasteiger charge is -2.10. The van der Waals surface area contributed by atoms with Gasteiger partial charge < -0.3 is 14.8 Å². The summed E-state index contributed by atoms with van der Waals surface area (Å²) in [5.41, 5.74) is 3.86. The van der Waals surface area contributed by atoms with E-state index >= 15 is 0 Å². The number of nitrogens with one attached hydrogen (secondary N) is 1. The zero-order valence-electron chi connectivity index (χ0n) is 21.2. The molecule has 4 aromatic rings. The van der Waals surface area contributed by atoms with Crippen molar-refractivity contribution in [3.05, 3.63) is 107 Å². The molecule has 196 valence electrons. The van der Waals surface area contributed by atoms with E-state index in [2.05, 4.69) is 5.32 Å². The second kappa shape index (κ2) is 12.4. The van der Waals surface area contributed by atoms with Crippen molar-refractivity contribution in [2.24, 2.45) is 0 Å². The summed E-state index contributed by atoms with van der Waals surface area (Å²) >= 11 is 6.24. The van der Waals surface area contributed by atoms with Gasteiger partial charge in [-0.05, 0) is 61.4 Å². The molecule has 1 atom stereocenters. The minimum Gasteiger partial charge on any atom is -0.489 e. The second-order valence-electron chi connectivity index (χ2n) is 9.13. The number of ether oxygens (including phenoxy) is 2. The number of carbonyl (C=O) groups is 1. The Labute approximate surface area is 232 Å². The van der Waals surface area contributed by atoms with Crippen LogP contribution in [0, 0.1) is 11.3 Å². The molecule has 1 amide bonds. The summed E-state index contributed by atoms with van der Waals surface area (Å²) in [6.45, 7) is 1.43. The van der Waals surface area contributed by atoms with Gasteiger partial charge in [-0.25, -0.2) is 4.68 Å². The number of nitrogens with zero attached hydrogens (tertiary/aromatic N) is 3. The van der Waals surface area contributed by atoms with Crippen molar-refractivity contribution in [3.63, 3.8) is 0 Å². The summed E-state index contributed by atoms with van der Waals surface area (Å²) in [7, 11) is 0. The first-order valence-corrected chi connectivity index (χ1v) is 13.1. The Balaban J connectivity index is 1.40. The molecule has 0 saturated carbocycles. The molecular weight excluding hydrogens is 512 g/mol. The molecule has 1 aliphatic heterocycles. The molecule has 39 heavy (non-hydrogen) atoms. The zero-order chi connectivity index (χ0) is 27.0. The smallest absolute Gasteiger partial charge is 0.262 e. The van der Waals surface area contributed by atoms with Crippen LogP contribution in [0.4, 0.5) is 0 Å². The Hall–Kier alpha value is -4.38. The van der Waals surface area contributed by atoms with Gasteiger partial charge in [0.15, 0.2) is 0 Å². The van der Waals surface area contributed by atoms with Gasteiger partial charge in [-0.1, -0.05) is 48.0 Å². The van der Waals surface area contributed by atoms with Crippen LogP contribution in [0.2, 0.25) is 5.02 Å². The summed E-state index contributed by atoms with van der Waals surface area (Å²) in [5, 5.41) is 18.1. The largest absolute Gasteiger partial charge is 0.489 e. The fraction of sp³-hybridized carbons (Fsp3) is 0.194. The van der Waals surface area contributed by atoms with Gasteiger partial charge in [0.05, 0.1) is 17.5 Å². The lowest BCUT2D eigenvalue weighted by atomic mass is 10.1. The standard InChI is InChI=1S/C31H27ClN4O3/c32-29-11-5-4-7-23(29)21-39-27-14-12-22(13-15-27)30-25(20-36(35-30)26-8-2-1-3-9-26)17-24(18-33)31(37)34-19-28-10-6-16-38-28/h1-5,7-9,11-15,17,20,28H,6,10,16,19,21H2,(H,34,37)/b24-17+/t28-/m1/s1. The Morgan fingerprint density at radius 1 is 1.13 bits per heavy atom. The van der Waals surface area contributed by atoms with Gasteiger partial charge in [0.25, 0.3) is 5.91 Å². The highest BCUT2D eigenvalue weighted by atomic mass is 35.5. The summed E-state index contributed by atoms with van der Waals surface area (Å²) in [6, 6.07) is 26.8. The van der Waals surface area contributed by atoms with E-state index in [-0.39, 0.29) is 11.7 Å². The van der Waals surface area contributed by atoms with Gasteiger partial charge >= 0.3 is 0 Å². The molecule has 0 radical (unpaired) electrons. The molecule has 0 bridgehead atoms. The van der Waals surface area contributed by atoms with E-state index in [0.29, 0.717) is 41.8 Å². The quantitative estimate of drug-likeness (QED) is 0.209. The third kappa shape index (κ3) is 6.55. The van der Waals surface area contributed by atoms with Crippen molar-refractivity contribution < 1.29 is 14.3 Å². The Morgan fingerprint density at radius 2 is 1.90 bits per heavy atom. The zero-order valence-corrected chi connectivity index (χ0v) is 22.0. The van der Waals surface area contributed by atoms with E-state index in [1.807, 2.05) is 91.1 Å². The van der Waals surface area contributed by atoms with Crippen LogP contribution < -0.4 is 10.1 Å². The van der Waals surface area contributed by atoms with E-state index < -0.39 is 5.91 Å². The van der Waals surface area contributed by atoms with Crippen molar-refractivity contribution in [2.45, 2.75) is 25.6 Å². The number of para-hydroxylation sites is 1. The first kappa shape index (κ1) is 26.2. The summed E-state index contributed by atoms with van der Waals surface area (Å²) in [5.74, 6) is 0.249. The SMILES string of the molecule is N#C/C(=C\c1cn(-c2ccccc2)nc1-c1ccc(OCc2ccccc2Cl)cc1)C(=O)NC[C@H]1CCCO1. The minimum absolute atomic E-state index is 0.00144. The molecule has 0 unspecified atom stereocenters. The Kier molecular flexibility index (Phi) is 8.37. The number of rotatable bonds is 9. The predicted octanol–water partition coefficient (Wildman–Crippen LogP) is 5.97. The predicted molar refractivity (Wildman–Crippen MR) is 150 cm³/mol. The lowest BCUT2D eigenvalue weighted by molar-refractivity contribution is -0.117. The van der Waals surface area contributed by atoms with E-state index in [1.165, 1.54) is 0 Å². The highest BCUT2D eigenvalue weighted by Crippen LogP contribution is 2.28. The van der Waals surface area contributed by atoms with Crippen LogP contribution in [0.5, 0.6) is 5.75 Å².